The van der Waals surface area contributed by atoms with E-state index in [0.717, 1.165) is 5.56 Å². The topological polar surface area (TPSA) is 59.1 Å². The Kier molecular flexibility index (Phi) is 2.57. The van der Waals surface area contributed by atoms with Crippen LogP contribution in [0, 0.1) is 6.92 Å². The van der Waals surface area contributed by atoms with Crippen LogP contribution in [0.5, 0.6) is 0 Å². The van der Waals surface area contributed by atoms with Gasteiger partial charge < -0.3 is 10.8 Å². The van der Waals surface area contributed by atoms with Gasteiger partial charge in [-0.1, -0.05) is 6.07 Å². The molecule has 11 heavy (non-hydrogen) atoms. The second-order valence-electron chi connectivity index (χ2n) is 2.51. The molecule has 3 nitrogen and oxygen atoms in total. The van der Waals surface area contributed by atoms with E-state index < -0.39 is 6.10 Å². The van der Waals surface area contributed by atoms with Crippen molar-refractivity contribution in [2.24, 2.45) is 5.73 Å². The number of aromatic nitrogens is 1. The van der Waals surface area contributed by atoms with Gasteiger partial charge in [-0.05, 0) is 18.6 Å². The van der Waals surface area contributed by atoms with Gasteiger partial charge in [-0.2, -0.15) is 0 Å². The summed E-state index contributed by atoms with van der Waals surface area (Å²) in [5.74, 6) is 0. The van der Waals surface area contributed by atoms with Gasteiger partial charge in [0, 0.05) is 12.7 Å². The zero-order chi connectivity index (χ0) is 8.27. The molecular formula is C8H12N2O. The third-order valence-corrected chi connectivity index (χ3v) is 1.50. The van der Waals surface area contributed by atoms with Crippen LogP contribution in [0.1, 0.15) is 17.4 Å². The first-order chi connectivity index (χ1) is 5.24. The molecule has 0 amide bonds. The zero-order valence-corrected chi connectivity index (χ0v) is 6.49. The van der Waals surface area contributed by atoms with Gasteiger partial charge in [0.25, 0.3) is 0 Å². The Morgan fingerprint density at radius 3 is 2.82 bits per heavy atom. The van der Waals surface area contributed by atoms with Crippen LogP contribution in [-0.4, -0.2) is 16.6 Å². The summed E-state index contributed by atoms with van der Waals surface area (Å²) in [6, 6.07) is 3.69. The Morgan fingerprint density at radius 2 is 2.36 bits per heavy atom. The lowest BCUT2D eigenvalue weighted by atomic mass is 10.2. The maximum atomic E-state index is 9.23. The van der Waals surface area contributed by atoms with Crippen LogP contribution in [0.2, 0.25) is 0 Å². The van der Waals surface area contributed by atoms with Crippen LogP contribution in [-0.2, 0) is 0 Å². The molecule has 0 radical (unpaired) electrons. The number of aryl methyl sites for hydroxylation is 1. The summed E-state index contributed by atoms with van der Waals surface area (Å²) in [4.78, 5) is 4.02. The number of pyridine rings is 1. The average molecular weight is 152 g/mol. The van der Waals surface area contributed by atoms with E-state index in [1.165, 1.54) is 0 Å². The highest BCUT2D eigenvalue weighted by atomic mass is 16.3. The van der Waals surface area contributed by atoms with Crippen molar-refractivity contribution >= 4 is 0 Å². The Labute approximate surface area is 65.9 Å². The summed E-state index contributed by atoms with van der Waals surface area (Å²) in [5.41, 5.74) is 6.97. The standard InChI is InChI=1S/C8H12N2O/c1-6-2-3-7(10-5-6)8(11)4-9/h2-3,5,8,11H,4,9H2,1H3/t8-/m0/s1. The number of nitrogens with two attached hydrogens (primary N) is 1. The van der Waals surface area contributed by atoms with Gasteiger partial charge in [-0.15, -0.1) is 0 Å². The highest BCUT2D eigenvalue weighted by molar-refractivity contribution is 5.13. The minimum atomic E-state index is -0.629. The van der Waals surface area contributed by atoms with Crippen molar-refractivity contribution in [3.05, 3.63) is 29.6 Å². The molecule has 0 bridgehead atoms. The molecule has 3 N–H and O–H groups in total. The van der Waals surface area contributed by atoms with Crippen molar-refractivity contribution in [1.29, 1.82) is 0 Å². The average Bonchev–Trinajstić information content (AvgIpc) is 2.05. The maximum Gasteiger partial charge on any atom is 0.108 e. The van der Waals surface area contributed by atoms with Crippen molar-refractivity contribution in [3.63, 3.8) is 0 Å². The van der Waals surface area contributed by atoms with Crippen molar-refractivity contribution in [3.8, 4) is 0 Å². The smallest absolute Gasteiger partial charge is 0.108 e. The summed E-state index contributed by atoms with van der Waals surface area (Å²) in [6.45, 7) is 2.17. The number of hydrogen-bond donors (Lipinski definition) is 2. The van der Waals surface area contributed by atoms with Gasteiger partial charge in [-0.3, -0.25) is 4.98 Å². The van der Waals surface area contributed by atoms with Crippen LogP contribution < -0.4 is 5.73 Å². The first-order valence-electron chi connectivity index (χ1n) is 3.54. The quantitative estimate of drug-likeness (QED) is 0.644. The maximum absolute atomic E-state index is 9.23. The van der Waals surface area contributed by atoms with E-state index >= 15 is 0 Å². The van der Waals surface area contributed by atoms with Gasteiger partial charge in [0.1, 0.15) is 6.10 Å². The van der Waals surface area contributed by atoms with Gasteiger partial charge in [0.15, 0.2) is 0 Å². The summed E-state index contributed by atoms with van der Waals surface area (Å²) < 4.78 is 0. The van der Waals surface area contributed by atoms with E-state index in [2.05, 4.69) is 4.98 Å². The monoisotopic (exact) mass is 152 g/mol. The Morgan fingerprint density at radius 1 is 1.64 bits per heavy atom. The third kappa shape index (κ3) is 2.00. The van der Waals surface area contributed by atoms with Gasteiger partial charge >= 0.3 is 0 Å². The zero-order valence-electron chi connectivity index (χ0n) is 6.49. The molecule has 0 aliphatic carbocycles. The fourth-order valence-electron chi connectivity index (χ4n) is 0.797. The largest absolute Gasteiger partial charge is 0.385 e. The number of aliphatic hydroxyl groups is 1. The van der Waals surface area contributed by atoms with Crippen LogP contribution in [0.25, 0.3) is 0 Å². The normalized spacial score (nSPS) is 13.0. The molecule has 0 aromatic carbocycles. The fourth-order valence-corrected chi connectivity index (χ4v) is 0.797. The molecule has 0 spiro atoms. The molecule has 1 atom stereocenters. The number of rotatable bonds is 2. The third-order valence-electron chi connectivity index (χ3n) is 1.50. The lowest BCUT2D eigenvalue weighted by Crippen LogP contribution is -2.12. The van der Waals surface area contributed by atoms with Crippen molar-refractivity contribution in [2.75, 3.05) is 6.54 Å². The molecule has 0 unspecified atom stereocenters. The molecular weight excluding hydrogens is 140 g/mol. The van der Waals surface area contributed by atoms with Gasteiger partial charge in [0.05, 0.1) is 5.69 Å². The highest BCUT2D eigenvalue weighted by Crippen LogP contribution is 2.07. The van der Waals surface area contributed by atoms with E-state index in [9.17, 15) is 5.11 Å². The first-order valence-corrected chi connectivity index (χ1v) is 3.54. The number of hydrogen-bond acceptors (Lipinski definition) is 3. The number of nitrogens with zero attached hydrogens (tertiary/aromatic N) is 1. The molecule has 1 heterocycles. The Bertz CT molecular complexity index is 220. The van der Waals surface area contributed by atoms with Crippen molar-refractivity contribution in [1.82, 2.24) is 4.98 Å². The Hall–Kier alpha value is -0.930. The van der Waals surface area contributed by atoms with E-state index in [-0.39, 0.29) is 6.54 Å². The lowest BCUT2D eigenvalue weighted by Gasteiger charge is -2.05. The van der Waals surface area contributed by atoms with Gasteiger partial charge in [0.2, 0.25) is 0 Å². The van der Waals surface area contributed by atoms with Crippen LogP contribution in [0.3, 0.4) is 0 Å². The molecule has 1 aromatic rings. The van der Waals surface area contributed by atoms with E-state index in [0.29, 0.717) is 5.69 Å². The van der Waals surface area contributed by atoms with Crippen molar-refractivity contribution < 1.29 is 5.11 Å². The first kappa shape index (κ1) is 8.17. The molecule has 3 heteroatoms. The molecule has 0 fully saturated rings. The second-order valence-corrected chi connectivity index (χ2v) is 2.51. The fraction of sp³-hybridized carbons (Fsp3) is 0.375. The molecule has 0 aliphatic rings. The second kappa shape index (κ2) is 3.46. The molecule has 0 saturated heterocycles. The van der Waals surface area contributed by atoms with Gasteiger partial charge in [-0.25, -0.2) is 0 Å². The molecule has 0 aliphatic heterocycles. The van der Waals surface area contributed by atoms with Crippen LogP contribution in [0.4, 0.5) is 0 Å². The summed E-state index contributed by atoms with van der Waals surface area (Å²) in [6.07, 6.45) is 1.09. The highest BCUT2D eigenvalue weighted by Gasteiger charge is 2.04. The lowest BCUT2D eigenvalue weighted by molar-refractivity contribution is 0.182. The summed E-state index contributed by atoms with van der Waals surface area (Å²) in [7, 11) is 0. The summed E-state index contributed by atoms with van der Waals surface area (Å²) >= 11 is 0. The molecule has 1 rings (SSSR count). The summed E-state index contributed by atoms with van der Waals surface area (Å²) in [5, 5.41) is 9.23. The molecule has 1 aromatic heterocycles. The molecule has 60 valence electrons. The van der Waals surface area contributed by atoms with Crippen LogP contribution in [0.15, 0.2) is 18.3 Å². The number of aliphatic hydroxyl groups excluding tert-OH is 1. The Balaban J connectivity index is 2.81. The van der Waals surface area contributed by atoms with Crippen LogP contribution >= 0.6 is 0 Å². The minimum Gasteiger partial charge on any atom is -0.385 e. The predicted octanol–water partition coefficient (Wildman–Crippen LogP) is 0.382. The predicted molar refractivity (Wildman–Crippen MR) is 43.0 cm³/mol. The van der Waals surface area contributed by atoms with E-state index in [1.54, 1.807) is 12.3 Å². The van der Waals surface area contributed by atoms with E-state index in [4.69, 9.17) is 5.73 Å². The van der Waals surface area contributed by atoms with E-state index in [1.807, 2.05) is 13.0 Å². The van der Waals surface area contributed by atoms with Crippen molar-refractivity contribution in [2.45, 2.75) is 13.0 Å². The minimum absolute atomic E-state index is 0.218. The SMILES string of the molecule is Cc1ccc([C@@H](O)CN)nc1. The molecule has 0 saturated carbocycles.